The van der Waals surface area contributed by atoms with Crippen molar-refractivity contribution in [2.75, 3.05) is 20.4 Å². The monoisotopic (exact) mass is 592 g/mol. The number of nitrogens with zero attached hydrogens (tertiary/aromatic N) is 2. The molecule has 0 aliphatic rings. The molecule has 0 aliphatic heterocycles. The first-order valence-corrected chi connectivity index (χ1v) is 15.6. The van der Waals surface area contributed by atoms with Gasteiger partial charge in [0.25, 0.3) is 5.91 Å². The quantitative estimate of drug-likeness (QED) is 0.311. The molecule has 0 spiro atoms. The highest BCUT2D eigenvalue weighted by molar-refractivity contribution is 7.89. The van der Waals surface area contributed by atoms with Gasteiger partial charge in [-0.1, -0.05) is 78.9 Å². The number of hydrogen-bond donors (Lipinski definition) is 2. The number of likely N-dealkylation sites (N-methyl/N-ethyl adjacent to an activating group) is 2. The molecule has 3 rings (SSSR count). The Kier molecular flexibility index (Phi) is 10.6. The summed E-state index contributed by atoms with van der Waals surface area (Å²) < 4.78 is 25.9. The van der Waals surface area contributed by atoms with Crippen molar-refractivity contribution in [2.24, 2.45) is 5.73 Å². The fraction of sp³-hybridized carbons (Fsp3) is 0.344. The number of fused-ring (bicyclic) bond motifs is 1. The lowest BCUT2D eigenvalue weighted by molar-refractivity contribution is -0.145. The zero-order valence-electron chi connectivity index (χ0n) is 24.8. The van der Waals surface area contributed by atoms with Crippen molar-refractivity contribution in [3.05, 3.63) is 96.1 Å². The third-order valence-corrected chi connectivity index (χ3v) is 7.50. The van der Waals surface area contributed by atoms with E-state index in [1.54, 1.807) is 37.4 Å². The predicted molar refractivity (Wildman–Crippen MR) is 166 cm³/mol. The van der Waals surface area contributed by atoms with Crippen LogP contribution in [0.15, 0.2) is 84.9 Å². The van der Waals surface area contributed by atoms with Crippen molar-refractivity contribution in [1.29, 1.82) is 0 Å². The normalized spacial score (nSPS) is 13.5. The van der Waals surface area contributed by atoms with Crippen molar-refractivity contribution in [1.82, 2.24) is 14.5 Å². The molecule has 0 heterocycles. The molecule has 0 aliphatic carbocycles. The summed E-state index contributed by atoms with van der Waals surface area (Å²) in [5.41, 5.74) is 7.11. The van der Waals surface area contributed by atoms with Crippen LogP contribution in [0.25, 0.3) is 10.8 Å². The van der Waals surface area contributed by atoms with Gasteiger partial charge in [-0.25, -0.2) is 8.42 Å². The number of nitrogens with one attached hydrogen (secondary N) is 1. The van der Waals surface area contributed by atoms with Crippen molar-refractivity contribution in [3.8, 4) is 0 Å². The number of hydrogen-bond acceptors (Lipinski definition) is 6. The third-order valence-electron chi connectivity index (χ3n) is 6.92. The molecule has 2 atom stereocenters. The molecule has 0 bridgehead atoms. The third kappa shape index (κ3) is 9.53. The molecule has 0 aromatic heterocycles. The van der Waals surface area contributed by atoms with Crippen LogP contribution in [-0.2, 0) is 37.2 Å². The van der Waals surface area contributed by atoms with E-state index in [1.165, 1.54) is 22.9 Å². The van der Waals surface area contributed by atoms with Gasteiger partial charge in [0.2, 0.25) is 21.8 Å². The van der Waals surface area contributed by atoms with Gasteiger partial charge in [0, 0.05) is 32.5 Å². The first-order chi connectivity index (χ1) is 19.6. The second-order valence-electron chi connectivity index (χ2n) is 11.3. The number of carbonyl (C=O) groups excluding carboxylic acids is 3. The number of sulfonamides is 1. The molecule has 10 heteroatoms. The highest BCUT2D eigenvalue weighted by Gasteiger charge is 2.35. The Morgan fingerprint density at radius 3 is 2.07 bits per heavy atom. The van der Waals surface area contributed by atoms with Gasteiger partial charge in [-0.15, -0.1) is 0 Å². The van der Waals surface area contributed by atoms with Gasteiger partial charge in [0.15, 0.2) is 0 Å². The summed E-state index contributed by atoms with van der Waals surface area (Å²) >= 11 is 0. The Labute approximate surface area is 248 Å². The molecule has 0 saturated carbocycles. The second kappa shape index (κ2) is 13.8. The average molecular weight is 593 g/mol. The minimum absolute atomic E-state index is 0.0796. The summed E-state index contributed by atoms with van der Waals surface area (Å²) in [6.07, 6.45) is 4.68. The molecule has 3 N–H and O–H groups in total. The summed E-state index contributed by atoms with van der Waals surface area (Å²) in [5, 5.41) is 2.03. The lowest BCUT2D eigenvalue weighted by Gasteiger charge is -2.34. The van der Waals surface area contributed by atoms with Gasteiger partial charge < -0.3 is 15.5 Å². The highest BCUT2D eigenvalue weighted by Crippen LogP contribution is 2.20. The Morgan fingerprint density at radius 1 is 0.857 bits per heavy atom. The maximum Gasteiger partial charge on any atom is 0.256 e. The predicted octanol–water partition coefficient (Wildman–Crippen LogP) is 3.04. The van der Waals surface area contributed by atoms with Crippen LogP contribution in [0.2, 0.25) is 0 Å². The smallest absolute Gasteiger partial charge is 0.256 e. The van der Waals surface area contributed by atoms with Gasteiger partial charge in [0.05, 0.1) is 6.26 Å². The van der Waals surface area contributed by atoms with E-state index in [9.17, 15) is 22.8 Å². The molecule has 0 saturated heterocycles. The highest BCUT2D eigenvalue weighted by atomic mass is 32.2. The molecule has 0 unspecified atom stereocenters. The van der Waals surface area contributed by atoms with E-state index in [2.05, 4.69) is 0 Å². The van der Waals surface area contributed by atoms with E-state index in [4.69, 9.17) is 5.73 Å². The first-order valence-electron chi connectivity index (χ1n) is 13.7. The molecule has 3 aromatic carbocycles. The largest absolute Gasteiger partial charge is 0.332 e. The van der Waals surface area contributed by atoms with Gasteiger partial charge in [-0.05, 0) is 48.2 Å². The van der Waals surface area contributed by atoms with Crippen LogP contribution >= 0.6 is 0 Å². The maximum atomic E-state index is 14.2. The second-order valence-corrected chi connectivity index (χ2v) is 13.1. The van der Waals surface area contributed by atoms with Crippen LogP contribution in [0.1, 0.15) is 31.4 Å². The van der Waals surface area contributed by atoms with E-state index < -0.39 is 45.4 Å². The van der Waals surface area contributed by atoms with E-state index in [-0.39, 0.29) is 12.8 Å². The molecule has 3 amide bonds. The first kappa shape index (κ1) is 32.5. The van der Waals surface area contributed by atoms with Crippen LogP contribution in [-0.4, -0.2) is 73.9 Å². The van der Waals surface area contributed by atoms with Crippen molar-refractivity contribution in [2.45, 2.75) is 50.7 Å². The molecule has 9 nitrogen and oxygen atoms in total. The molecule has 3 aromatic rings. The van der Waals surface area contributed by atoms with E-state index in [0.717, 1.165) is 28.2 Å². The summed E-state index contributed by atoms with van der Waals surface area (Å²) in [6.45, 7) is 3.70. The molecule has 0 radical (unpaired) electrons. The van der Waals surface area contributed by atoms with Crippen LogP contribution in [0.5, 0.6) is 0 Å². The maximum absolute atomic E-state index is 14.2. The topological polar surface area (TPSA) is 130 Å². The van der Waals surface area contributed by atoms with E-state index in [0.29, 0.717) is 6.42 Å². The van der Waals surface area contributed by atoms with Crippen LogP contribution in [0.4, 0.5) is 0 Å². The summed E-state index contributed by atoms with van der Waals surface area (Å²) in [4.78, 5) is 43.2. The van der Waals surface area contributed by atoms with E-state index >= 15 is 0 Å². The molecular formula is C32H40N4O5S. The average Bonchev–Trinajstić information content (AvgIpc) is 2.92. The van der Waals surface area contributed by atoms with Crippen LogP contribution in [0.3, 0.4) is 0 Å². The Hall–Kier alpha value is -4.02. The minimum Gasteiger partial charge on any atom is -0.332 e. The fourth-order valence-corrected chi connectivity index (χ4v) is 5.10. The molecule has 0 fully saturated rings. The molecular weight excluding hydrogens is 552 g/mol. The van der Waals surface area contributed by atoms with E-state index in [1.807, 2.05) is 67.1 Å². The number of nitrogens with two attached hydrogens (primary N) is 1. The minimum atomic E-state index is -3.88. The Bertz CT molecular complexity index is 1550. The van der Waals surface area contributed by atoms with Gasteiger partial charge in [-0.3, -0.25) is 19.1 Å². The number of rotatable bonds is 12. The van der Waals surface area contributed by atoms with Gasteiger partial charge in [-0.2, -0.15) is 0 Å². The van der Waals surface area contributed by atoms with Crippen LogP contribution < -0.4 is 10.5 Å². The number of amides is 3. The lowest BCUT2D eigenvalue weighted by atomic mass is 9.98. The van der Waals surface area contributed by atoms with Crippen molar-refractivity contribution < 1.29 is 22.8 Å². The van der Waals surface area contributed by atoms with Gasteiger partial charge >= 0.3 is 0 Å². The zero-order valence-corrected chi connectivity index (χ0v) is 25.6. The van der Waals surface area contributed by atoms with Crippen molar-refractivity contribution in [3.63, 3.8) is 0 Å². The van der Waals surface area contributed by atoms with Crippen LogP contribution in [0, 0.1) is 0 Å². The standard InChI is InChI=1S/C32H40N4O5S/c1-32(2,33)19-11-16-29(37)35(3)28(22-24-17-18-25-14-9-10-15-26(25)20-24)31(39)36(4)27(30(38)34-42(5,40)41)21-23-12-7-6-8-13-23/h6-18,20,27-28H,19,21-22,33H2,1-5H3,(H,34,38)/t27-,28-/m1/s1. The summed E-state index contributed by atoms with van der Waals surface area (Å²) in [5.74, 6) is -1.73. The zero-order chi connectivity index (χ0) is 31.1. The van der Waals surface area contributed by atoms with Gasteiger partial charge in [0.1, 0.15) is 12.1 Å². The molecule has 224 valence electrons. The summed E-state index contributed by atoms with van der Waals surface area (Å²) in [7, 11) is -0.886. The van der Waals surface area contributed by atoms with Crippen molar-refractivity contribution >= 4 is 38.5 Å². The molecule has 42 heavy (non-hydrogen) atoms. The SMILES string of the molecule is CN(C(=O)C=CCC(C)(C)N)[C@H](Cc1ccc2ccccc2c1)C(=O)N(C)[C@H](Cc1ccccc1)C(=O)NS(C)(=O)=O. The Morgan fingerprint density at radius 2 is 1.45 bits per heavy atom. The fourth-order valence-electron chi connectivity index (χ4n) is 4.60. The Balaban J connectivity index is 1.98. The number of benzene rings is 3. The number of carbonyl (C=O) groups is 3. The summed E-state index contributed by atoms with van der Waals surface area (Å²) in [6, 6.07) is 20.6. The lowest BCUT2D eigenvalue weighted by Crippen LogP contribution is -2.56.